The molecule has 3 aromatic rings. The van der Waals surface area contributed by atoms with Gasteiger partial charge in [-0.2, -0.15) is 13.1 Å². The molecule has 13 heteroatoms. The first kappa shape index (κ1) is 26.2. The molecular formula is C24H26ClN5O5S2. The predicted molar refractivity (Wildman–Crippen MR) is 140 cm³/mol. The number of aliphatic hydroxyl groups is 1. The number of ketones is 1. The highest BCUT2D eigenvalue weighted by atomic mass is 35.5. The fourth-order valence-corrected chi connectivity index (χ4v) is 6.65. The van der Waals surface area contributed by atoms with E-state index in [2.05, 4.69) is 24.9 Å². The van der Waals surface area contributed by atoms with Gasteiger partial charge in [-0.05, 0) is 60.2 Å². The number of nitrogens with zero attached hydrogens (tertiary/aromatic N) is 3. The number of aromatic nitrogens is 2. The molecule has 1 fully saturated rings. The van der Waals surface area contributed by atoms with Gasteiger partial charge < -0.3 is 10.4 Å². The maximum Gasteiger partial charge on any atom is 0.335 e. The van der Waals surface area contributed by atoms with Crippen molar-refractivity contribution in [3.63, 3.8) is 0 Å². The molecule has 2 aromatic heterocycles. The second kappa shape index (κ2) is 10.4. The van der Waals surface area contributed by atoms with Crippen molar-refractivity contribution in [3.05, 3.63) is 74.3 Å². The molecule has 10 nitrogen and oxygen atoms in total. The largest absolute Gasteiger partial charge is 0.390 e. The third-order valence-corrected chi connectivity index (χ3v) is 8.88. The number of benzene rings is 1. The molecule has 0 bridgehead atoms. The zero-order valence-electron chi connectivity index (χ0n) is 20.1. The lowest BCUT2D eigenvalue weighted by molar-refractivity contribution is 0.0636. The van der Waals surface area contributed by atoms with Crippen molar-refractivity contribution in [1.82, 2.24) is 19.6 Å². The fourth-order valence-electron chi connectivity index (χ4n) is 4.96. The van der Waals surface area contributed by atoms with Crippen LogP contribution in [0.2, 0.25) is 5.02 Å². The number of aliphatic hydroxyl groups excluding tert-OH is 1. The maximum atomic E-state index is 13.5. The van der Waals surface area contributed by atoms with E-state index in [0.717, 1.165) is 17.7 Å². The van der Waals surface area contributed by atoms with Crippen LogP contribution in [0.3, 0.4) is 0 Å². The van der Waals surface area contributed by atoms with Gasteiger partial charge in [0, 0.05) is 30.9 Å². The van der Waals surface area contributed by atoms with E-state index in [1.54, 1.807) is 0 Å². The number of hydrogen-bond acceptors (Lipinski definition) is 10. The first-order valence-corrected chi connectivity index (χ1v) is 14.3. The van der Waals surface area contributed by atoms with E-state index < -0.39 is 22.5 Å². The lowest BCUT2D eigenvalue weighted by atomic mass is 9.99. The molecule has 2 aliphatic rings. The van der Waals surface area contributed by atoms with Crippen molar-refractivity contribution in [2.24, 2.45) is 0 Å². The van der Waals surface area contributed by atoms with Crippen molar-refractivity contribution in [2.75, 3.05) is 19.4 Å². The zero-order chi connectivity index (χ0) is 26.3. The van der Waals surface area contributed by atoms with Gasteiger partial charge in [0.2, 0.25) is 5.78 Å². The molecule has 1 aromatic carbocycles. The Labute approximate surface area is 223 Å². The summed E-state index contributed by atoms with van der Waals surface area (Å²) in [6.45, 7) is 0.796. The normalized spacial score (nSPS) is 23.8. The number of thiophene rings is 1. The second-order valence-corrected chi connectivity index (χ2v) is 12.0. The molecule has 4 atom stereocenters. The number of carbonyl (C=O) groups excluding carboxylic acids is 1. The van der Waals surface area contributed by atoms with Gasteiger partial charge in [0.05, 0.1) is 22.6 Å². The van der Waals surface area contributed by atoms with Crippen LogP contribution in [-0.2, 0) is 21.0 Å². The second-order valence-electron chi connectivity index (χ2n) is 9.19. The summed E-state index contributed by atoms with van der Waals surface area (Å²) in [6.07, 6.45) is 1.35. The first-order chi connectivity index (χ1) is 17.6. The van der Waals surface area contributed by atoms with Crippen molar-refractivity contribution in [3.8, 4) is 0 Å². The smallest absolute Gasteiger partial charge is 0.335 e. The number of hydrogen-bond donors (Lipinski definition) is 3. The Morgan fingerprint density at radius 2 is 2.11 bits per heavy atom. The Morgan fingerprint density at radius 1 is 1.30 bits per heavy atom. The number of nitrogens with one attached hydrogen (secondary N) is 2. The number of fused-ring (bicyclic) bond motifs is 1. The van der Waals surface area contributed by atoms with E-state index in [4.69, 9.17) is 15.8 Å². The first-order valence-electron chi connectivity index (χ1n) is 11.6. The molecule has 37 heavy (non-hydrogen) atoms. The Bertz CT molecular complexity index is 1430. The summed E-state index contributed by atoms with van der Waals surface area (Å²) in [6, 6.07) is 7.46. The quantitative estimate of drug-likeness (QED) is 0.354. The molecule has 1 aliphatic heterocycles. The minimum atomic E-state index is -3.95. The van der Waals surface area contributed by atoms with E-state index in [0.29, 0.717) is 21.3 Å². The third kappa shape index (κ3) is 5.41. The van der Waals surface area contributed by atoms with E-state index in [9.17, 15) is 18.3 Å². The van der Waals surface area contributed by atoms with Gasteiger partial charge in [-0.15, -0.1) is 11.3 Å². The molecule has 0 unspecified atom stereocenters. The number of carbonyl (C=O) groups is 1. The summed E-state index contributed by atoms with van der Waals surface area (Å²) in [7, 11) is -0.669. The molecule has 0 radical (unpaired) electrons. The van der Waals surface area contributed by atoms with E-state index in [-0.39, 0.29) is 30.7 Å². The lowest BCUT2D eigenvalue weighted by Gasteiger charge is -2.19. The minimum Gasteiger partial charge on any atom is -0.390 e. The van der Waals surface area contributed by atoms with Gasteiger partial charge in [-0.25, -0.2) is 9.97 Å². The highest BCUT2D eigenvalue weighted by Crippen LogP contribution is 2.40. The molecule has 1 aliphatic carbocycles. The van der Waals surface area contributed by atoms with Gasteiger partial charge >= 0.3 is 10.3 Å². The van der Waals surface area contributed by atoms with Crippen LogP contribution in [0, 0.1) is 0 Å². The lowest BCUT2D eigenvalue weighted by Crippen LogP contribution is -2.31. The summed E-state index contributed by atoms with van der Waals surface area (Å²) in [5.41, 5.74) is 3.64. The average molecular weight is 564 g/mol. The third-order valence-electron chi connectivity index (χ3n) is 6.69. The summed E-state index contributed by atoms with van der Waals surface area (Å²) in [5.74, 6) is 0.0924. The minimum absolute atomic E-state index is 0.00178. The molecule has 0 amide bonds. The van der Waals surface area contributed by atoms with E-state index in [1.807, 2.05) is 36.7 Å². The van der Waals surface area contributed by atoms with Crippen LogP contribution in [0.4, 0.5) is 5.82 Å². The van der Waals surface area contributed by atoms with Gasteiger partial charge in [-0.3, -0.25) is 13.9 Å². The summed E-state index contributed by atoms with van der Waals surface area (Å²) in [5, 5.41) is 16.1. The molecule has 3 N–H and O–H groups in total. The van der Waals surface area contributed by atoms with Crippen LogP contribution >= 0.6 is 22.9 Å². The molecule has 1 saturated carbocycles. The number of rotatable bonds is 8. The Kier molecular flexibility index (Phi) is 7.33. The molecule has 5 rings (SSSR count). The molecule has 196 valence electrons. The molecular weight excluding hydrogens is 538 g/mol. The summed E-state index contributed by atoms with van der Waals surface area (Å²) >= 11 is 7.61. The maximum absolute atomic E-state index is 13.5. The fraction of sp³-hybridized carbons (Fsp3) is 0.375. The monoisotopic (exact) mass is 563 g/mol. The van der Waals surface area contributed by atoms with Crippen LogP contribution in [0.25, 0.3) is 0 Å². The number of anilines is 1. The van der Waals surface area contributed by atoms with Gasteiger partial charge in [-0.1, -0.05) is 17.7 Å². The predicted octanol–water partition coefficient (Wildman–Crippen LogP) is 2.74. The van der Waals surface area contributed by atoms with Crippen LogP contribution in [0.5, 0.6) is 0 Å². The van der Waals surface area contributed by atoms with Crippen molar-refractivity contribution in [2.45, 2.75) is 43.7 Å². The van der Waals surface area contributed by atoms with Gasteiger partial charge in [0.1, 0.15) is 18.2 Å². The van der Waals surface area contributed by atoms with Crippen LogP contribution in [0.1, 0.15) is 50.8 Å². The summed E-state index contributed by atoms with van der Waals surface area (Å²) < 4.78 is 30.6. The Morgan fingerprint density at radius 3 is 2.89 bits per heavy atom. The highest BCUT2D eigenvalue weighted by molar-refractivity contribution is 7.84. The highest BCUT2D eigenvalue weighted by Gasteiger charge is 2.37. The Hall–Kier alpha value is -2.45. The van der Waals surface area contributed by atoms with Crippen molar-refractivity contribution < 1.29 is 22.5 Å². The number of halogens is 1. The van der Waals surface area contributed by atoms with Gasteiger partial charge in [0.25, 0.3) is 0 Å². The van der Waals surface area contributed by atoms with E-state index in [1.165, 1.54) is 36.5 Å². The van der Waals surface area contributed by atoms with E-state index >= 15 is 0 Å². The van der Waals surface area contributed by atoms with Crippen molar-refractivity contribution in [1.29, 1.82) is 0 Å². The zero-order valence-corrected chi connectivity index (χ0v) is 22.5. The molecule has 0 spiro atoms. The molecule has 0 saturated heterocycles. The van der Waals surface area contributed by atoms with Crippen molar-refractivity contribution >= 4 is 44.8 Å². The summed E-state index contributed by atoms with van der Waals surface area (Å²) in [4.78, 5) is 24.6. The SMILES string of the molecule is CNS(=O)(=O)O[C@@H]1C[C@H](Nc2ncncc2C(=O)c2cc([C@@H]3c4cc(Cl)ccc4CN3C)cs2)C[C@@H]1O. The standard InChI is InChI=1S/C24H26ClN5O5S2/c1-26-37(33,34)35-20-8-16(7-19(20)31)29-24-18(9-27-12-28-24)23(32)21-5-14(11-36-21)22-17-6-15(25)4-3-13(17)10-30(22)2/h3-6,9,11-12,16,19-20,22,26,31H,7-8,10H2,1-2H3,(H,27,28,29)/t16-,19+,20-,22-/m1/s1. The topological polar surface area (TPSA) is 134 Å². The van der Waals surface area contributed by atoms with Crippen LogP contribution < -0.4 is 10.0 Å². The van der Waals surface area contributed by atoms with Crippen LogP contribution in [-0.4, -0.2) is 66.5 Å². The van der Waals surface area contributed by atoms with Gasteiger partial charge in [0.15, 0.2) is 0 Å². The van der Waals surface area contributed by atoms with Crippen LogP contribution in [0.15, 0.2) is 42.2 Å². The Balaban J connectivity index is 1.34. The average Bonchev–Trinajstić information content (AvgIpc) is 3.55. The molecule has 3 heterocycles.